The average molecular weight is 209 g/mol. The van der Waals surface area contributed by atoms with E-state index in [0.29, 0.717) is 0 Å². The molecule has 0 spiro atoms. The minimum absolute atomic E-state index is 0.739. The summed E-state index contributed by atoms with van der Waals surface area (Å²) in [5.41, 5.74) is 9.50. The Bertz CT molecular complexity index is 241. The number of benzene rings is 1. The maximum Gasteiger partial charge on any atom is -0.00367 e. The summed E-state index contributed by atoms with van der Waals surface area (Å²) in [5.74, 6) is 0. The van der Waals surface area contributed by atoms with Gasteiger partial charge in [-0.15, -0.1) is 0 Å². The summed E-state index contributed by atoms with van der Waals surface area (Å²) in [6.45, 7) is 13.0. The van der Waals surface area contributed by atoms with Crippen LogP contribution in [-0.4, -0.2) is 6.54 Å². The van der Waals surface area contributed by atoms with Gasteiger partial charge in [-0.05, 0) is 43.5 Å². The highest BCUT2D eigenvalue weighted by atomic mass is 14.5. The maximum atomic E-state index is 5.45. The number of nitrogens with two attached hydrogens (primary N) is 1. The van der Waals surface area contributed by atoms with Crippen molar-refractivity contribution < 1.29 is 0 Å². The maximum absolute atomic E-state index is 5.45. The lowest BCUT2D eigenvalue weighted by atomic mass is 10.0. The third kappa shape index (κ3) is 7.15. The van der Waals surface area contributed by atoms with Crippen molar-refractivity contribution in [1.82, 2.24) is 0 Å². The fourth-order valence-electron chi connectivity index (χ4n) is 1.13. The first kappa shape index (κ1) is 16.6. The molecule has 0 aliphatic carbocycles. The second kappa shape index (κ2) is 11.3. The molecule has 88 valence electrons. The van der Waals surface area contributed by atoms with Crippen LogP contribution in [0.4, 0.5) is 0 Å². The van der Waals surface area contributed by atoms with E-state index in [-0.39, 0.29) is 0 Å². The molecule has 1 nitrogen and oxygen atoms in total. The predicted molar refractivity (Wildman–Crippen MR) is 71.4 cm³/mol. The van der Waals surface area contributed by atoms with Crippen LogP contribution in [0.15, 0.2) is 18.2 Å². The molecule has 0 heterocycles. The van der Waals surface area contributed by atoms with Crippen LogP contribution in [0.2, 0.25) is 0 Å². The number of hydrogen-bond acceptors (Lipinski definition) is 1. The first-order valence-electron chi connectivity index (χ1n) is 6.00. The van der Waals surface area contributed by atoms with Gasteiger partial charge in [0.1, 0.15) is 0 Å². The molecule has 0 aliphatic rings. The summed E-state index contributed by atoms with van der Waals surface area (Å²) < 4.78 is 0. The third-order valence-corrected chi connectivity index (χ3v) is 2.00. The van der Waals surface area contributed by atoms with Gasteiger partial charge in [0.2, 0.25) is 0 Å². The molecule has 0 aliphatic heterocycles. The molecule has 15 heavy (non-hydrogen) atoms. The molecule has 0 atom stereocenters. The lowest BCUT2D eigenvalue weighted by Crippen LogP contribution is -2.02. The van der Waals surface area contributed by atoms with Gasteiger partial charge in [0.25, 0.3) is 0 Å². The molecule has 1 aromatic carbocycles. The molecular weight excluding hydrogens is 182 g/mol. The minimum Gasteiger partial charge on any atom is -0.330 e. The standard InChI is InChI=1S/C10H15N.2C2H6/c1-8-3-4-10(5-6-11)7-9(8)2;2*1-2/h3-4,7H,5-6,11H2,1-2H3;2*1-2H3. The van der Waals surface area contributed by atoms with Crippen LogP contribution in [0, 0.1) is 13.8 Å². The molecule has 0 saturated heterocycles. The summed E-state index contributed by atoms with van der Waals surface area (Å²) in [6, 6.07) is 6.51. The molecule has 0 unspecified atom stereocenters. The number of hydrogen-bond donors (Lipinski definition) is 1. The highest BCUT2D eigenvalue weighted by Crippen LogP contribution is 2.09. The van der Waals surface area contributed by atoms with Gasteiger partial charge in [0.15, 0.2) is 0 Å². The molecule has 1 rings (SSSR count). The largest absolute Gasteiger partial charge is 0.330 e. The Labute approximate surface area is 95.7 Å². The van der Waals surface area contributed by atoms with Crippen molar-refractivity contribution in [3.8, 4) is 0 Å². The molecule has 0 bridgehead atoms. The van der Waals surface area contributed by atoms with Gasteiger partial charge in [-0.25, -0.2) is 0 Å². The van der Waals surface area contributed by atoms with E-state index in [9.17, 15) is 0 Å². The van der Waals surface area contributed by atoms with E-state index in [2.05, 4.69) is 32.0 Å². The zero-order valence-electron chi connectivity index (χ0n) is 11.2. The fourth-order valence-corrected chi connectivity index (χ4v) is 1.13. The van der Waals surface area contributed by atoms with Gasteiger partial charge >= 0.3 is 0 Å². The molecule has 0 saturated carbocycles. The van der Waals surface area contributed by atoms with Crippen molar-refractivity contribution in [2.45, 2.75) is 48.0 Å². The second-order valence-corrected chi connectivity index (χ2v) is 2.96. The van der Waals surface area contributed by atoms with Gasteiger partial charge in [-0.2, -0.15) is 0 Å². The van der Waals surface area contributed by atoms with Crippen LogP contribution in [-0.2, 0) is 6.42 Å². The molecule has 0 amide bonds. The highest BCUT2D eigenvalue weighted by molar-refractivity contribution is 5.29. The van der Waals surface area contributed by atoms with Crippen LogP contribution in [0.5, 0.6) is 0 Å². The summed E-state index contributed by atoms with van der Waals surface area (Å²) in [7, 11) is 0. The lowest BCUT2D eigenvalue weighted by molar-refractivity contribution is 0.965. The van der Waals surface area contributed by atoms with E-state index >= 15 is 0 Å². The van der Waals surface area contributed by atoms with E-state index in [1.165, 1.54) is 16.7 Å². The normalized spacial score (nSPS) is 8.20. The monoisotopic (exact) mass is 209 g/mol. The van der Waals surface area contributed by atoms with E-state index in [4.69, 9.17) is 5.73 Å². The molecule has 1 heteroatoms. The quantitative estimate of drug-likeness (QED) is 0.786. The molecule has 0 radical (unpaired) electrons. The third-order valence-electron chi connectivity index (χ3n) is 2.00. The number of rotatable bonds is 2. The number of aryl methyl sites for hydroxylation is 2. The highest BCUT2D eigenvalue weighted by Gasteiger charge is 1.94. The molecule has 1 aromatic rings. The van der Waals surface area contributed by atoms with Gasteiger partial charge < -0.3 is 5.73 Å². The predicted octanol–water partition coefficient (Wildman–Crippen LogP) is 3.86. The van der Waals surface area contributed by atoms with Crippen molar-refractivity contribution in [2.24, 2.45) is 5.73 Å². The molecule has 2 N–H and O–H groups in total. The van der Waals surface area contributed by atoms with Crippen LogP contribution >= 0.6 is 0 Å². The minimum atomic E-state index is 0.739. The topological polar surface area (TPSA) is 26.0 Å². The zero-order valence-corrected chi connectivity index (χ0v) is 11.2. The summed E-state index contributed by atoms with van der Waals surface area (Å²) >= 11 is 0. The Morgan fingerprint density at radius 3 is 1.87 bits per heavy atom. The smallest absolute Gasteiger partial charge is 0.00367 e. The SMILES string of the molecule is CC.CC.Cc1ccc(CCN)cc1C. The van der Waals surface area contributed by atoms with E-state index in [1.807, 2.05) is 27.7 Å². The van der Waals surface area contributed by atoms with Gasteiger partial charge in [0.05, 0.1) is 0 Å². The Morgan fingerprint density at radius 2 is 1.47 bits per heavy atom. The summed E-state index contributed by atoms with van der Waals surface area (Å²) in [5, 5.41) is 0. The zero-order chi connectivity index (χ0) is 12.3. The first-order chi connectivity index (χ1) is 7.24. The lowest BCUT2D eigenvalue weighted by Gasteiger charge is -2.02. The summed E-state index contributed by atoms with van der Waals surface area (Å²) in [4.78, 5) is 0. The van der Waals surface area contributed by atoms with E-state index < -0.39 is 0 Å². The van der Waals surface area contributed by atoms with E-state index in [0.717, 1.165) is 13.0 Å². The summed E-state index contributed by atoms with van der Waals surface area (Å²) in [6.07, 6.45) is 0.987. The van der Waals surface area contributed by atoms with Crippen molar-refractivity contribution in [3.05, 3.63) is 34.9 Å². The van der Waals surface area contributed by atoms with Crippen LogP contribution in [0.25, 0.3) is 0 Å². The van der Waals surface area contributed by atoms with Crippen molar-refractivity contribution in [2.75, 3.05) is 6.54 Å². The molecule has 0 fully saturated rings. The Hall–Kier alpha value is -0.820. The van der Waals surface area contributed by atoms with Crippen molar-refractivity contribution in [1.29, 1.82) is 0 Å². The van der Waals surface area contributed by atoms with Gasteiger partial charge in [-0.3, -0.25) is 0 Å². The van der Waals surface area contributed by atoms with Crippen LogP contribution in [0.3, 0.4) is 0 Å². The first-order valence-corrected chi connectivity index (χ1v) is 6.00. The Kier molecular flexibility index (Phi) is 12.5. The molecule has 0 aromatic heterocycles. The Balaban J connectivity index is 0. The second-order valence-electron chi connectivity index (χ2n) is 2.96. The van der Waals surface area contributed by atoms with Crippen LogP contribution < -0.4 is 5.73 Å². The van der Waals surface area contributed by atoms with Crippen molar-refractivity contribution >= 4 is 0 Å². The average Bonchev–Trinajstić information content (AvgIpc) is 2.30. The van der Waals surface area contributed by atoms with E-state index in [1.54, 1.807) is 0 Å². The van der Waals surface area contributed by atoms with Crippen LogP contribution in [0.1, 0.15) is 44.4 Å². The van der Waals surface area contributed by atoms with Crippen molar-refractivity contribution in [3.63, 3.8) is 0 Å². The van der Waals surface area contributed by atoms with Gasteiger partial charge in [0, 0.05) is 0 Å². The Morgan fingerprint density at radius 1 is 0.933 bits per heavy atom. The van der Waals surface area contributed by atoms with Gasteiger partial charge in [-0.1, -0.05) is 45.9 Å². The fraction of sp³-hybridized carbons (Fsp3) is 0.571. The molecular formula is C14H27N.